The number of nitrogens with zero attached hydrogens (tertiary/aromatic N) is 2. The summed E-state index contributed by atoms with van der Waals surface area (Å²) in [6.07, 6.45) is 2.50. The second kappa shape index (κ2) is 6.18. The SMILES string of the molecule is Cc1nc(Cl)c(C=CC(=O)O)n1-c1ccc2ccccc2c1Br. The van der Waals surface area contributed by atoms with Crippen LogP contribution in [0, 0.1) is 6.92 Å². The maximum atomic E-state index is 10.8. The Bertz CT molecular complexity index is 947. The zero-order valence-electron chi connectivity index (χ0n) is 12.1. The molecule has 116 valence electrons. The van der Waals surface area contributed by atoms with E-state index in [-0.39, 0.29) is 5.15 Å². The Hall–Kier alpha value is -2.11. The lowest BCUT2D eigenvalue weighted by Crippen LogP contribution is -2.01. The average molecular weight is 392 g/mol. The molecule has 0 aliphatic rings. The standard InChI is InChI=1S/C17H12BrClN2O2/c1-10-20-17(19)14(8-9-15(22)23)21(10)13-7-6-11-4-2-3-5-12(11)16(13)18/h2-9H,1H3,(H,22,23). The molecule has 1 aromatic heterocycles. The molecule has 3 rings (SSSR count). The number of hydrogen-bond acceptors (Lipinski definition) is 2. The normalized spacial score (nSPS) is 11.4. The molecule has 3 aromatic rings. The van der Waals surface area contributed by atoms with E-state index >= 15 is 0 Å². The fourth-order valence-electron chi connectivity index (χ4n) is 2.51. The number of carbonyl (C=O) groups is 1. The molecule has 23 heavy (non-hydrogen) atoms. The number of halogens is 2. The van der Waals surface area contributed by atoms with Crippen LogP contribution in [-0.4, -0.2) is 20.6 Å². The molecule has 0 spiro atoms. The van der Waals surface area contributed by atoms with Gasteiger partial charge < -0.3 is 5.11 Å². The van der Waals surface area contributed by atoms with Crippen molar-refractivity contribution in [2.75, 3.05) is 0 Å². The third kappa shape index (κ3) is 2.90. The molecule has 0 unspecified atom stereocenters. The molecule has 0 radical (unpaired) electrons. The molecule has 0 saturated carbocycles. The highest BCUT2D eigenvalue weighted by atomic mass is 79.9. The van der Waals surface area contributed by atoms with Crippen molar-refractivity contribution in [2.24, 2.45) is 0 Å². The minimum absolute atomic E-state index is 0.264. The number of aromatic nitrogens is 2. The molecule has 0 atom stereocenters. The quantitative estimate of drug-likeness (QED) is 0.650. The second-order valence-electron chi connectivity index (χ2n) is 4.96. The summed E-state index contributed by atoms with van der Waals surface area (Å²) in [7, 11) is 0. The Morgan fingerprint density at radius 1 is 1.30 bits per heavy atom. The van der Waals surface area contributed by atoms with E-state index in [9.17, 15) is 4.79 Å². The van der Waals surface area contributed by atoms with Gasteiger partial charge in [0.1, 0.15) is 5.82 Å². The van der Waals surface area contributed by atoms with Gasteiger partial charge in [-0.2, -0.15) is 0 Å². The van der Waals surface area contributed by atoms with Crippen LogP contribution in [0.1, 0.15) is 11.5 Å². The van der Waals surface area contributed by atoms with Crippen molar-refractivity contribution < 1.29 is 9.90 Å². The number of benzene rings is 2. The van der Waals surface area contributed by atoms with Gasteiger partial charge in [0.2, 0.25) is 0 Å². The lowest BCUT2D eigenvalue weighted by molar-refractivity contribution is -0.131. The predicted octanol–water partition coefficient (Wildman–Crippen LogP) is 4.85. The summed E-state index contributed by atoms with van der Waals surface area (Å²) in [5, 5.41) is 11.3. The summed E-state index contributed by atoms with van der Waals surface area (Å²) in [6.45, 7) is 1.83. The first-order valence-electron chi connectivity index (χ1n) is 6.82. The van der Waals surface area contributed by atoms with Crippen molar-refractivity contribution in [1.82, 2.24) is 9.55 Å². The van der Waals surface area contributed by atoms with Crippen LogP contribution in [0.3, 0.4) is 0 Å². The van der Waals surface area contributed by atoms with E-state index in [1.165, 1.54) is 6.08 Å². The van der Waals surface area contributed by atoms with E-state index in [1.54, 1.807) is 0 Å². The Balaban J connectivity index is 2.27. The number of carboxylic acids is 1. The van der Waals surface area contributed by atoms with Crippen LogP contribution in [0.15, 0.2) is 46.9 Å². The van der Waals surface area contributed by atoms with E-state index in [0.29, 0.717) is 11.5 Å². The van der Waals surface area contributed by atoms with Gasteiger partial charge in [0.25, 0.3) is 0 Å². The topological polar surface area (TPSA) is 55.1 Å². The van der Waals surface area contributed by atoms with E-state index in [4.69, 9.17) is 16.7 Å². The maximum Gasteiger partial charge on any atom is 0.328 e. The van der Waals surface area contributed by atoms with Gasteiger partial charge in [-0.25, -0.2) is 9.78 Å². The molecule has 4 nitrogen and oxygen atoms in total. The summed E-state index contributed by atoms with van der Waals surface area (Å²) in [5.41, 5.74) is 1.38. The third-order valence-corrected chi connectivity index (χ3v) is 4.61. The van der Waals surface area contributed by atoms with E-state index in [0.717, 1.165) is 27.0 Å². The molecule has 0 aliphatic carbocycles. The Kier molecular flexibility index (Phi) is 4.24. The summed E-state index contributed by atoms with van der Waals surface area (Å²) >= 11 is 9.81. The number of carboxylic acid groups (broad SMARTS) is 1. The van der Waals surface area contributed by atoms with Gasteiger partial charge in [-0.15, -0.1) is 0 Å². The van der Waals surface area contributed by atoms with Crippen LogP contribution in [0.4, 0.5) is 0 Å². The summed E-state index contributed by atoms with van der Waals surface area (Å²) in [5.74, 6) is -0.361. The number of rotatable bonds is 3. The number of imidazole rings is 1. The minimum atomic E-state index is -1.04. The molecule has 2 aromatic carbocycles. The highest BCUT2D eigenvalue weighted by Gasteiger charge is 2.16. The van der Waals surface area contributed by atoms with Crippen molar-refractivity contribution in [3.8, 4) is 5.69 Å². The molecule has 0 aliphatic heterocycles. The van der Waals surface area contributed by atoms with Gasteiger partial charge in [-0.05, 0) is 45.8 Å². The van der Waals surface area contributed by atoms with Crippen molar-refractivity contribution >= 4 is 50.3 Å². The van der Waals surface area contributed by atoms with Gasteiger partial charge in [-0.1, -0.05) is 41.9 Å². The van der Waals surface area contributed by atoms with Crippen molar-refractivity contribution in [2.45, 2.75) is 6.92 Å². The fourth-order valence-corrected chi connectivity index (χ4v) is 3.45. The van der Waals surface area contributed by atoms with Gasteiger partial charge in [0, 0.05) is 10.5 Å². The maximum absolute atomic E-state index is 10.8. The van der Waals surface area contributed by atoms with E-state index in [2.05, 4.69) is 20.9 Å². The van der Waals surface area contributed by atoms with Crippen molar-refractivity contribution in [1.29, 1.82) is 0 Å². The average Bonchev–Trinajstić information content (AvgIpc) is 2.80. The summed E-state index contributed by atoms with van der Waals surface area (Å²) < 4.78 is 2.73. The lowest BCUT2D eigenvalue weighted by atomic mass is 10.1. The Labute approximate surface area is 146 Å². The van der Waals surface area contributed by atoms with Crippen LogP contribution in [-0.2, 0) is 4.79 Å². The smallest absolute Gasteiger partial charge is 0.328 e. The molecule has 0 fully saturated rings. The van der Waals surface area contributed by atoms with E-state index in [1.807, 2.05) is 47.9 Å². The summed E-state index contributed by atoms with van der Waals surface area (Å²) in [4.78, 5) is 15.1. The van der Waals surface area contributed by atoms with Gasteiger partial charge in [0.05, 0.1) is 11.4 Å². The van der Waals surface area contributed by atoms with E-state index < -0.39 is 5.97 Å². The third-order valence-electron chi connectivity index (χ3n) is 3.50. The summed E-state index contributed by atoms with van der Waals surface area (Å²) in [6, 6.07) is 12.0. The van der Waals surface area contributed by atoms with Gasteiger partial charge in [-0.3, -0.25) is 4.57 Å². The van der Waals surface area contributed by atoms with Gasteiger partial charge >= 0.3 is 5.97 Å². The number of aliphatic carboxylic acids is 1. The zero-order valence-corrected chi connectivity index (χ0v) is 14.5. The van der Waals surface area contributed by atoms with Gasteiger partial charge in [0.15, 0.2) is 5.15 Å². The molecule has 6 heteroatoms. The molecular formula is C17H12BrClN2O2. The highest BCUT2D eigenvalue weighted by molar-refractivity contribution is 9.10. The molecule has 0 bridgehead atoms. The highest BCUT2D eigenvalue weighted by Crippen LogP contribution is 2.33. The van der Waals surface area contributed by atoms with Crippen molar-refractivity contribution in [3.05, 3.63) is 63.6 Å². The van der Waals surface area contributed by atoms with Crippen LogP contribution in [0.5, 0.6) is 0 Å². The molecule has 1 heterocycles. The monoisotopic (exact) mass is 390 g/mol. The fraction of sp³-hybridized carbons (Fsp3) is 0.0588. The first kappa shape index (κ1) is 15.8. The van der Waals surface area contributed by atoms with Crippen LogP contribution < -0.4 is 0 Å². The molecule has 0 saturated heterocycles. The second-order valence-corrected chi connectivity index (χ2v) is 6.11. The number of fused-ring (bicyclic) bond motifs is 1. The first-order chi connectivity index (χ1) is 11.0. The molecule has 1 N–H and O–H groups in total. The van der Waals surface area contributed by atoms with Crippen LogP contribution in [0.2, 0.25) is 5.15 Å². The van der Waals surface area contributed by atoms with Crippen LogP contribution in [0.25, 0.3) is 22.5 Å². The number of aryl methyl sites for hydroxylation is 1. The zero-order chi connectivity index (χ0) is 16.6. The molecule has 0 amide bonds. The number of hydrogen-bond donors (Lipinski definition) is 1. The Morgan fingerprint density at radius 2 is 2.04 bits per heavy atom. The first-order valence-corrected chi connectivity index (χ1v) is 7.99. The molecular weight excluding hydrogens is 380 g/mol. The van der Waals surface area contributed by atoms with Crippen LogP contribution >= 0.6 is 27.5 Å². The Morgan fingerprint density at radius 3 is 2.78 bits per heavy atom. The lowest BCUT2D eigenvalue weighted by Gasteiger charge is -2.12. The van der Waals surface area contributed by atoms with Crippen molar-refractivity contribution in [3.63, 3.8) is 0 Å². The largest absolute Gasteiger partial charge is 0.478 e. The predicted molar refractivity (Wildman–Crippen MR) is 95.2 cm³/mol. The minimum Gasteiger partial charge on any atom is -0.478 e.